The van der Waals surface area contributed by atoms with Gasteiger partial charge in [0.05, 0.1) is 6.61 Å². The number of carbonyl (C=O) groups excluding carboxylic acids is 1. The number of Topliss-reactive ketones (excluding diaryl/α,β-unsaturated/α-hetero) is 1. The molecule has 0 saturated carbocycles. The highest BCUT2D eigenvalue weighted by Crippen LogP contribution is 2.38. The zero-order valence-electron chi connectivity index (χ0n) is 23.5. The Hall–Kier alpha value is -2.53. The Bertz CT molecular complexity index is 1060. The molecule has 2 aromatic carbocycles. The number of nitrogens with zero attached hydrogens (tertiary/aromatic N) is 1. The lowest BCUT2D eigenvalue weighted by atomic mass is 9.76. The van der Waals surface area contributed by atoms with Gasteiger partial charge in [-0.15, -0.1) is 0 Å². The van der Waals surface area contributed by atoms with E-state index >= 15 is 0 Å². The van der Waals surface area contributed by atoms with E-state index in [1.54, 1.807) is 12.1 Å². The van der Waals surface area contributed by atoms with Gasteiger partial charge in [0.1, 0.15) is 17.3 Å². The first kappa shape index (κ1) is 29.0. The van der Waals surface area contributed by atoms with E-state index in [1.165, 1.54) is 17.7 Å². The number of ether oxygens (including phenoxy) is 1. The monoisotopic (exact) mass is 508 g/mol. The average molecular weight is 509 g/mol. The molecule has 4 nitrogen and oxygen atoms in total. The zero-order chi connectivity index (χ0) is 27.0. The lowest BCUT2D eigenvalue weighted by Crippen LogP contribution is -2.54. The Morgan fingerprint density at radius 3 is 2.46 bits per heavy atom. The Balaban J connectivity index is 1.54. The third-order valence-electron chi connectivity index (χ3n) is 7.52. The molecule has 0 aromatic heterocycles. The summed E-state index contributed by atoms with van der Waals surface area (Å²) in [7, 11) is 0. The van der Waals surface area contributed by atoms with Crippen LogP contribution in [0.25, 0.3) is 11.1 Å². The van der Waals surface area contributed by atoms with Gasteiger partial charge >= 0.3 is 0 Å². The predicted octanol–water partition coefficient (Wildman–Crippen LogP) is 8.00. The fourth-order valence-corrected chi connectivity index (χ4v) is 5.96. The third-order valence-corrected chi connectivity index (χ3v) is 7.52. The molecule has 1 N–H and O–H groups in total. The van der Waals surface area contributed by atoms with Gasteiger partial charge in [0.2, 0.25) is 0 Å². The number of hydrogen-bond donors (Lipinski definition) is 1. The van der Waals surface area contributed by atoms with E-state index in [1.807, 2.05) is 13.8 Å². The van der Waals surface area contributed by atoms with Crippen LogP contribution in [0.3, 0.4) is 0 Å². The fourth-order valence-electron chi connectivity index (χ4n) is 5.96. The molecule has 1 aliphatic rings. The molecule has 5 heteroatoms. The summed E-state index contributed by atoms with van der Waals surface area (Å²) < 4.78 is 19.4. The number of benzene rings is 2. The minimum absolute atomic E-state index is 0.144. The predicted molar refractivity (Wildman–Crippen MR) is 151 cm³/mol. The highest BCUT2D eigenvalue weighted by atomic mass is 19.1. The molecule has 2 aromatic rings. The number of aryl methyl sites for hydroxylation is 1. The first-order chi connectivity index (χ1) is 17.7. The Labute approximate surface area is 223 Å². The van der Waals surface area contributed by atoms with Crippen molar-refractivity contribution >= 4 is 11.5 Å². The second kappa shape index (κ2) is 13.3. The molecular weight excluding hydrogens is 463 g/mol. The minimum Gasteiger partial charge on any atom is -0.493 e. The maximum absolute atomic E-state index is 13.4. The summed E-state index contributed by atoms with van der Waals surface area (Å²) in [5.74, 6) is 1.16. The second-order valence-electron chi connectivity index (χ2n) is 11.2. The highest BCUT2D eigenvalue weighted by Gasteiger charge is 2.39. The topological polar surface area (TPSA) is 53.4 Å². The number of carbonyl (C=O) groups is 1. The number of likely N-dealkylation sites (tertiary alicyclic amines) is 1. The summed E-state index contributed by atoms with van der Waals surface area (Å²) in [6, 6.07) is 10.9. The lowest BCUT2D eigenvalue weighted by molar-refractivity contribution is -0.123. The van der Waals surface area contributed by atoms with Gasteiger partial charge in [0.25, 0.3) is 0 Å². The van der Waals surface area contributed by atoms with Crippen LogP contribution in [0.15, 0.2) is 36.4 Å². The number of hydrogen-bond acceptors (Lipinski definition) is 4. The maximum atomic E-state index is 13.4. The standard InChI is InChI=1S/C32H45FN2O2/c1-6-10-25(29(36)7-2)11-9-12-28(34)19-32(5)21-35(22-32)20-24-17-23(4)31(30(18-24)37-8-3)26-13-15-27(33)16-14-26/h13-18,25,34H,6-12,19-22H2,1-5H3. The fraction of sp³-hybridized carbons (Fsp3) is 0.562. The molecule has 0 radical (unpaired) electrons. The summed E-state index contributed by atoms with van der Waals surface area (Å²) in [4.78, 5) is 14.6. The van der Waals surface area contributed by atoms with Crippen LogP contribution in [0.2, 0.25) is 0 Å². The van der Waals surface area contributed by atoms with Gasteiger partial charge in [-0.25, -0.2) is 4.39 Å². The van der Waals surface area contributed by atoms with Crippen LogP contribution in [-0.4, -0.2) is 36.1 Å². The minimum atomic E-state index is -0.239. The van der Waals surface area contributed by atoms with Crippen LogP contribution in [0.5, 0.6) is 5.75 Å². The number of ketones is 1. The molecule has 1 saturated heterocycles. The number of nitrogens with one attached hydrogen (secondary N) is 1. The molecule has 0 spiro atoms. The molecule has 1 aliphatic heterocycles. The van der Waals surface area contributed by atoms with Crippen molar-refractivity contribution in [2.24, 2.45) is 11.3 Å². The quantitative estimate of drug-likeness (QED) is 0.248. The van der Waals surface area contributed by atoms with E-state index in [0.717, 1.165) is 86.3 Å². The van der Waals surface area contributed by atoms with Gasteiger partial charge in [-0.3, -0.25) is 9.69 Å². The smallest absolute Gasteiger partial charge is 0.135 e. The van der Waals surface area contributed by atoms with E-state index in [9.17, 15) is 9.18 Å². The molecule has 0 aliphatic carbocycles. The average Bonchev–Trinajstić information content (AvgIpc) is 2.83. The van der Waals surface area contributed by atoms with Gasteiger partial charge < -0.3 is 10.1 Å². The molecular formula is C32H45FN2O2. The van der Waals surface area contributed by atoms with Crippen LogP contribution < -0.4 is 4.74 Å². The van der Waals surface area contributed by atoms with E-state index < -0.39 is 0 Å². The molecule has 1 heterocycles. The van der Waals surface area contributed by atoms with Gasteiger partial charge in [0, 0.05) is 43.2 Å². The van der Waals surface area contributed by atoms with Crippen LogP contribution >= 0.6 is 0 Å². The van der Waals surface area contributed by atoms with Crippen LogP contribution in [-0.2, 0) is 11.3 Å². The molecule has 1 unspecified atom stereocenters. The Morgan fingerprint density at radius 2 is 1.84 bits per heavy atom. The number of rotatable bonds is 15. The number of halogens is 1. The van der Waals surface area contributed by atoms with Crippen molar-refractivity contribution in [3.8, 4) is 16.9 Å². The molecule has 0 bridgehead atoms. The zero-order valence-corrected chi connectivity index (χ0v) is 23.5. The lowest BCUT2D eigenvalue weighted by Gasteiger charge is -2.48. The van der Waals surface area contributed by atoms with Gasteiger partial charge in [-0.05, 0) is 86.3 Å². The molecule has 1 atom stereocenters. The van der Waals surface area contributed by atoms with Crippen molar-refractivity contribution in [1.82, 2.24) is 4.90 Å². The molecule has 0 amide bonds. The van der Waals surface area contributed by atoms with E-state index in [4.69, 9.17) is 10.1 Å². The molecule has 3 rings (SSSR count). The normalized spacial score (nSPS) is 15.7. The summed E-state index contributed by atoms with van der Waals surface area (Å²) >= 11 is 0. The SMILES string of the molecule is CCCC(CCCC(=N)CC1(C)CN(Cc2cc(C)c(-c3ccc(F)cc3)c(OCC)c2)C1)C(=O)CC. The van der Waals surface area contributed by atoms with Crippen molar-refractivity contribution in [2.75, 3.05) is 19.7 Å². The summed E-state index contributed by atoms with van der Waals surface area (Å²) in [6.45, 7) is 13.8. The summed E-state index contributed by atoms with van der Waals surface area (Å²) in [5.41, 5.74) is 5.29. The molecule has 1 fully saturated rings. The summed E-state index contributed by atoms with van der Waals surface area (Å²) in [5, 5.41) is 8.54. The highest BCUT2D eigenvalue weighted by molar-refractivity contribution is 5.83. The van der Waals surface area contributed by atoms with Crippen molar-refractivity contribution in [2.45, 2.75) is 86.1 Å². The molecule has 202 valence electrons. The van der Waals surface area contributed by atoms with Crippen LogP contribution in [0, 0.1) is 29.5 Å². The van der Waals surface area contributed by atoms with E-state index in [2.05, 4.69) is 37.8 Å². The Morgan fingerprint density at radius 1 is 1.14 bits per heavy atom. The first-order valence-electron chi connectivity index (χ1n) is 14.0. The molecule has 37 heavy (non-hydrogen) atoms. The van der Waals surface area contributed by atoms with Crippen LogP contribution in [0.4, 0.5) is 4.39 Å². The van der Waals surface area contributed by atoms with Crippen molar-refractivity contribution in [1.29, 1.82) is 5.41 Å². The summed E-state index contributed by atoms with van der Waals surface area (Å²) in [6.07, 6.45) is 6.13. The largest absolute Gasteiger partial charge is 0.493 e. The van der Waals surface area contributed by atoms with E-state index in [-0.39, 0.29) is 17.2 Å². The van der Waals surface area contributed by atoms with Crippen molar-refractivity contribution in [3.63, 3.8) is 0 Å². The first-order valence-corrected chi connectivity index (χ1v) is 14.0. The van der Waals surface area contributed by atoms with Gasteiger partial charge in [-0.2, -0.15) is 0 Å². The Kier molecular flexibility index (Phi) is 10.5. The van der Waals surface area contributed by atoms with E-state index in [0.29, 0.717) is 18.8 Å². The van der Waals surface area contributed by atoms with Crippen molar-refractivity contribution < 1.29 is 13.9 Å². The van der Waals surface area contributed by atoms with Crippen molar-refractivity contribution in [3.05, 3.63) is 53.3 Å². The maximum Gasteiger partial charge on any atom is 0.135 e. The van der Waals surface area contributed by atoms with Gasteiger partial charge in [-0.1, -0.05) is 45.4 Å². The third kappa shape index (κ3) is 7.98. The van der Waals surface area contributed by atoms with Crippen LogP contribution in [0.1, 0.15) is 83.8 Å². The van der Waals surface area contributed by atoms with Gasteiger partial charge in [0.15, 0.2) is 0 Å². The second-order valence-corrected chi connectivity index (χ2v) is 11.2.